The molecule has 1 aromatic heterocycles. The molecule has 1 heterocycles. The van der Waals surface area contributed by atoms with Crippen LogP contribution in [0.1, 0.15) is 48.7 Å². The number of hydrogen-bond donors (Lipinski definition) is 1. The Kier molecular flexibility index (Phi) is 4.27. The standard InChI is InChI=1S/C13H20ClN3O/c1-9-11(8-17(2)16-9)12(14)13(18)15-10-6-4-3-5-7-10/h8,10,12H,3-7H2,1-2H3,(H,15,18). The summed E-state index contributed by atoms with van der Waals surface area (Å²) in [5.74, 6) is -0.0975. The van der Waals surface area contributed by atoms with Gasteiger partial charge in [0.2, 0.25) is 5.91 Å². The molecule has 1 amide bonds. The van der Waals surface area contributed by atoms with Crippen LogP contribution in [0.4, 0.5) is 0 Å². The van der Waals surface area contributed by atoms with E-state index in [9.17, 15) is 4.79 Å². The molecule has 1 N–H and O–H groups in total. The Morgan fingerprint density at radius 2 is 2.17 bits per heavy atom. The number of carbonyl (C=O) groups is 1. The van der Waals surface area contributed by atoms with Crippen LogP contribution >= 0.6 is 11.6 Å². The van der Waals surface area contributed by atoms with Crippen molar-refractivity contribution in [2.75, 3.05) is 0 Å². The van der Waals surface area contributed by atoms with Gasteiger partial charge >= 0.3 is 0 Å². The van der Waals surface area contributed by atoms with Gasteiger partial charge < -0.3 is 5.32 Å². The van der Waals surface area contributed by atoms with E-state index in [0.717, 1.165) is 24.1 Å². The van der Waals surface area contributed by atoms with Gasteiger partial charge in [0.05, 0.1) is 5.69 Å². The van der Waals surface area contributed by atoms with Crippen molar-refractivity contribution in [2.24, 2.45) is 7.05 Å². The lowest BCUT2D eigenvalue weighted by atomic mass is 9.95. The number of hydrogen-bond acceptors (Lipinski definition) is 2. The topological polar surface area (TPSA) is 46.9 Å². The number of rotatable bonds is 3. The molecule has 0 spiro atoms. The van der Waals surface area contributed by atoms with E-state index in [2.05, 4.69) is 10.4 Å². The van der Waals surface area contributed by atoms with Crippen molar-refractivity contribution in [1.82, 2.24) is 15.1 Å². The van der Waals surface area contributed by atoms with E-state index < -0.39 is 5.38 Å². The highest BCUT2D eigenvalue weighted by molar-refractivity contribution is 6.30. The van der Waals surface area contributed by atoms with Gasteiger partial charge in [-0.3, -0.25) is 9.48 Å². The summed E-state index contributed by atoms with van der Waals surface area (Å²) in [6.07, 6.45) is 7.63. The fourth-order valence-electron chi connectivity index (χ4n) is 2.53. The number of alkyl halides is 1. The second-order valence-electron chi connectivity index (χ2n) is 5.05. The summed E-state index contributed by atoms with van der Waals surface area (Å²) in [4.78, 5) is 12.1. The van der Waals surface area contributed by atoms with Gasteiger partial charge in [-0.1, -0.05) is 19.3 Å². The van der Waals surface area contributed by atoms with Gasteiger partial charge in [-0.2, -0.15) is 5.10 Å². The Hall–Kier alpha value is -1.03. The molecule has 1 fully saturated rings. The minimum atomic E-state index is -0.638. The Morgan fingerprint density at radius 3 is 2.72 bits per heavy atom. The molecule has 4 nitrogen and oxygen atoms in total. The minimum absolute atomic E-state index is 0.0975. The van der Waals surface area contributed by atoms with Gasteiger partial charge in [-0.15, -0.1) is 11.6 Å². The number of aromatic nitrogens is 2. The molecule has 1 aliphatic carbocycles. The zero-order chi connectivity index (χ0) is 13.1. The summed E-state index contributed by atoms with van der Waals surface area (Å²) in [5.41, 5.74) is 1.61. The summed E-state index contributed by atoms with van der Waals surface area (Å²) < 4.78 is 1.69. The predicted molar refractivity (Wildman–Crippen MR) is 71.6 cm³/mol. The molecule has 0 aromatic carbocycles. The van der Waals surface area contributed by atoms with E-state index in [0.29, 0.717) is 6.04 Å². The maximum absolute atomic E-state index is 12.1. The summed E-state index contributed by atoms with van der Waals surface area (Å²) in [6.45, 7) is 1.87. The highest BCUT2D eigenvalue weighted by atomic mass is 35.5. The molecule has 0 aliphatic heterocycles. The van der Waals surface area contributed by atoms with Crippen LogP contribution in [0.5, 0.6) is 0 Å². The number of amides is 1. The fraction of sp³-hybridized carbons (Fsp3) is 0.692. The van der Waals surface area contributed by atoms with E-state index in [1.54, 1.807) is 4.68 Å². The number of halogens is 1. The molecule has 2 rings (SSSR count). The van der Waals surface area contributed by atoms with E-state index >= 15 is 0 Å². The third-order valence-electron chi connectivity index (χ3n) is 3.51. The van der Waals surface area contributed by atoms with E-state index in [1.807, 2.05) is 20.2 Å². The van der Waals surface area contributed by atoms with Crippen LogP contribution in [-0.2, 0) is 11.8 Å². The molecule has 5 heteroatoms. The largest absolute Gasteiger partial charge is 0.352 e. The maximum Gasteiger partial charge on any atom is 0.242 e. The zero-order valence-electron chi connectivity index (χ0n) is 10.9. The lowest BCUT2D eigenvalue weighted by molar-refractivity contribution is -0.121. The van der Waals surface area contributed by atoms with Gasteiger partial charge in [-0.05, 0) is 19.8 Å². The molecule has 18 heavy (non-hydrogen) atoms. The Balaban J connectivity index is 1.97. The van der Waals surface area contributed by atoms with Gasteiger partial charge in [0.15, 0.2) is 0 Å². The second-order valence-corrected chi connectivity index (χ2v) is 5.49. The maximum atomic E-state index is 12.1. The van der Waals surface area contributed by atoms with E-state index in [-0.39, 0.29) is 5.91 Å². The van der Waals surface area contributed by atoms with Crippen LogP contribution in [0.25, 0.3) is 0 Å². The van der Waals surface area contributed by atoms with Crippen molar-refractivity contribution in [1.29, 1.82) is 0 Å². The third-order valence-corrected chi connectivity index (χ3v) is 3.94. The van der Waals surface area contributed by atoms with E-state index in [1.165, 1.54) is 19.3 Å². The first-order valence-corrected chi connectivity index (χ1v) is 6.96. The number of aryl methyl sites for hydroxylation is 2. The molecule has 1 aromatic rings. The summed E-state index contributed by atoms with van der Waals surface area (Å²) in [5, 5.41) is 6.62. The first-order valence-electron chi connectivity index (χ1n) is 6.52. The normalized spacial score (nSPS) is 18.6. The smallest absolute Gasteiger partial charge is 0.242 e. The highest BCUT2D eigenvalue weighted by Crippen LogP contribution is 2.24. The van der Waals surface area contributed by atoms with Crippen molar-refractivity contribution >= 4 is 17.5 Å². The first kappa shape index (κ1) is 13.4. The summed E-state index contributed by atoms with van der Waals surface area (Å²) in [7, 11) is 1.83. The molecule has 1 atom stereocenters. The number of carbonyl (C=O) groups excluding carboxylic acids is 1. The van der Waals surface area contributed by atoms with Gasteiger partial charge in [0.1, 0.15) is 5.38 Å². The third kappa shape index (κ3) is 3.05. The predicted octanol–water partition coefficient (Wildman–Crippen LogP) is 2.46. The summed E-state index contributed by atoms with van der Waals surface area (Å²) in [6, 6.07) is 0.296. The van der Waals surface area contributed by atoms with Crippen LogP contribution in [0.15, 0.2) is 6.20 Å². The van der Waals surface area contributed by atoms with Crippen LogP contribution in [-0.4, -0.2) is 21.7 Å². The lowest BCUT2D eigenvalue weighted by Gasteiger charge is -2.23. The molecular formula is C13H20ClN3O. The first-order chi connectivity index (χ1) is 8.58. The molecule has 1 aliphatic rings. The fourth-order valence-corrected chi connectivity index (χ4v) is 2.81. The SMILES string of the molecule is Cc1nn(C)cc1C(Cl)C(=O)NC1CCCCC1. The van der Waals surface area contributed by atoms with Crippen molar-refractivity contribution in [3.63, 3.8) is 0 Å². The molecule has 0 saturated heterocycles. The molecule has 100 valence electrons. The van der Waals surface area contributed by atoms with Crippen LogP contribution in [0.2, 0.25) is 0 Å². The Morgan fingerprint density at radius 1 is 1.50 bits per heavy atom. The van der Waals surface area contributed by atoms with Gasteiger partial charge in [-0.25, -0.2) is 0 Å². The second kappa shape index (κ2) is 5.74. The number of nitrogens with one attached hydrogen (secondary N) is 1. The van der Waals surface area contributed by atoms with Crippen LogP contribution < -0.4 is 5.32 Å². The van der Waals surface area contributed by atoms with Crippen molar-refractivity contribution in [2.45, 2.75) is 50.4 Å². The lowest BCUT2D eigenvalue weighted by Crippen LogP contribution is -2.38. The van der Waals surface area contributed by atoms with Gasteiger partial charge in [0.25, 0.3) is 0 Å². The Labute approximate surface area is 113 Å². The van der Waals surface area contributed by atoms with Crippen LogP contribution in [0.3, 0.4) is 0 Å². The monoisotopic (exact) mass is 269 g/mol. The van der Waals surface area contributed by atoms with Crippen molar-refractivity contribution in [3.8, 4) is 0 Å². The number of nitrogens with zero attached hydrogens (tertiary/aromatic N) is 2. The Bertz CT molecular complexity index is 424. The van der Waals surface area contributed by atoms with Crippen molar-refractivity contribution < 1.29 is 4.79 Å². The quantitative estimate of drug-likeness (QED) is 0.857. The minimum Gasteiger partial charge on any atom is -0.352 e. The molecule has 0 bridgehead atoms. The van der Waals surface area contributed by atoms with Crippen LogP contribution in [0, 0.1) is 6.92 Å². The molecular weight excluding hydrogens is 250 g/mol. The molecule has 1 saturated carbocycles. The summed E-state index contributed by atoms with van der Waals surface area (Å²) >= 11 is 6.23. The molecule has 1 unspecified atom stereocenters. The zero-order valence-corrected chi connectivity index (χ0v) is 11.7. The van der Waals surface area contributed by atoms with Gasteiger partial charge in [0, 0.05) is 24.8 Å². The van der Waals surface area contributed by atoms with E-state index in [4.69, 9.17) is 11.6 Å². The highest BCUT2D eigenvalue weighted by Gasteiger charge is 2.24. The average Bonchev–Trinajstić information content (AvgIpc) is 2.68. The average molecular weight is 270 g/mol. The molecule has 0 radical (unpaired) electrons. The van der Waals surface area contributed by atoms with Crippen molar-refractivity contribution in [3.05, 3.63) is 17.5 Å².